The van der Waals surface area contributed by atoms with Gasteiger partial charge in [0.15, 0.2) is 0 Å². The summed E-state index contributed by atoms with van der Waals surface area (Å²) in [4.78, 5) is 11.3. The number of urea groups is 1. The first-order valence-corrected chi connectivity index (χ1v) is 5.19. The van der Waals surface area contributed by atoms with Crippen LogP contribution in [0.15, 0.2) is 24.3 Å². The molecule has 2 N–H and O–H groups in total. The van der Waals surface area contributed by atoms with Crippen LogP contribution in [0.5, 0.6) is 0 Å². The predicted octanol–water partition coefficient (Wildman–Crippen LogP) is -0.0920. The van der Waals surface area contributed by atoms with Gasteiger partial charge in [0, 0.05) is 23.4 Å². The average molecular weight is 200 g/mol. The van der Waals surface area contributed by atoms with E-state index < -0.39 is 0 Å². The van der Waals surface area contributed by atoms with Crippen molar-refractivity contribution in [3.05, 3.63) is 34.7 Å². The molecule has 1 unspecified atom stereocenters. The van der Waals surface area contributed by atoms with Crippen molar-refractivity contribution in [2.45, 2.75) is 6.42 Å². The molecule has 1 atom stereocenters. The Balaban J connectivity index is 2.26. The zero-order valence-corrected chi connectivity index (χ0v) is 8.29. The van der Waals surface area contributed by atoms with Crippen molar-refractivity contribution in [1.29, 1.82) is 0 Å². The number of carbonyl (C=O) groups excluding carboxylic acids is 1. The zero-order chi connectivity index (χ0) is 10.3. The molecule has 3 nitrogen and oxygen atoms in total. The maximum atomic E-state index is 11.3. The molecule has 0 bridgehead atoms. The Morgan fingerprint density at radius 1 is 1.27 bits per heavy atom. The smallest absolute Gasteiger partial charge is 0.319 e. The molecular weight excluding hydrogens is 188 g/mol. The molecule has 3 rings (SSSR count). The molecule has 1 aromatic carbocycles. The Morgan fingerprint density at radius 2 is 2.13 bits per heavy atom. The highest BCUT2D eigenvalue weighted by atomic mass is 16.2. The molecule has 15 heavy (non-hydrogen) atoms. The number of nitrogens with one attached hydrogen (secondary N) is 2. The predicted molar refractivity (Wildman–Crippen MR) is 58.2 cm³/mol. The fraction of sp³-hybridized carbons (Fsp3) is 0.250. The van der Waals surface area contributed by atoms with Gasteiger partial charge in [-0.1, -0.05) is 30.3 Å². The van der Waals surface area contributed by atoms with E-state index in [9.17, 15) is 4.79 Å². The van der Waals surface area contributed by atoms with Crippen molar-refractivity contribution in [3.8, 4) is 0 Å². The SMILES string of the molecule is O=C1NCC2CC=c3ccccc3=C2N1. The third-order valence-corrected chi connectivity index (χ3v) is 3.04. The van der Waals surface area contributed by atoms with E-state index in [1.165, 1.54) is 10.4 Å². The van der Waals surface area contributed by atoms with Crippen LogP contribution in [0.25, 0.3) is 11.8 Å². The number of fused-ring (bicyclic) bond motifs is 2. The number of carbonyl (C=O) groups is 1. The second-order valence-electron chi connectivity index (χ2n) is 3.97. The molecule has 1 saturated heterocycles. The van der Waals surface area contributed by atoms with Crippen LogP contribution in [0.1, 0.15) is 6.42 Å². The fourth-order valence-electron chi connectivity index (χ4n) is 2.26. The molecule has 3 heteroatoms. The second-order valence-corrected chi connectivity index (χ2v) is 3.97. The van der Waals surface area contributed by atoms with Crippen LogP contribution in [-0.4, -0.2) is 12.6 Å². The van der Waals surface area contributed by atoms with Gasteiger partial charge in [0.05, 0.1) is 0 Å². The molecule has 0 spiro atoms. The first kappa shape index (κ1) is 8.53. The summed E-state index contributed by atoms with van der Waals surface area (Å²) in [7, 11) is 0. The number of hydrogen-bond acceptors (Lipinski definition) is 1. The number of benzene rings is 1. The lowest BCUT2D eigenvalue weighted by atomic mass is 9.92. The van der Waals surface area contributed by atoms with Gasteiger partial charge in [0.1, 0.15) is 0 Å². The van der Waals surface area contributed by atoms with E-state index in [4.69, 9.17) is 0 Å². The summed E-state index contributed by atoms with van der Waals surface area (Å²) in [5.41, 5.74) is 1.08. The van der Waals surface area contributed by atoms with Crippen LogP contribution < -0.4 is 21.1 Å². The molecule has 1 fully saturated rings. The molecule has 76 valence electrons. The summed E-state index contributed by atoms with van der Waals surface area (Å²) >= 11 is 0. The van der Waals surface area contributed by atoms with Crippen molar-refractivity contribution in [3.63, 3.8) is 0 Å². The van der Waals surface area contributed by atoms with Gasteiger partial charge in [-0.25, -0.2) is 4.79 Å². The maximum absolute atomic E-state index is 11.3. The van der Waals surface area contributed by atoms with Gasteiger partial charge in [-0.15, -0.1) is 0 Å². The summed E-state index contributed by atoms with van der Waals surface area (Å²) in [5.74, 6) is 0.414. The third-order valence-electron chi connectivity index (χ3n) is 3.04. The second kappa shape index (κ2) is 3.12. The Morgan fingerprint density at radius 3 is 3.07 bits per heavy atom. The number of amides is 2. The van der Waals surface area contributed by atoms with Gasteiger partial charge in [-0.3, -0.25) is 0 Å². The van der Waals surface area contributed by atoms with E-state index in [0.29, 0.717) is 5.92 Å². The van der Waals surface area contributed by atoms with Crippen LogP contribution in [0.3, 0.4) is 0 Å². The zero-order valence-electron chi connectivity index (χ0n) is 8.29. The van der Waals surface area contributed by atoms with E-state index in [1.807, 2.05) is 12.1 Å². The Labute approximate surface area is 87.5 Å². The third kappa shape index (κ3) is 1.31. The Bertz CT molecular complexity index is 533. The van der Waals surface area contributed by atoms with Gasteiger partial charge in [-0.2, -0.15) is 0 Å². The van der Waals surface area contributed by atoms with E-state index >= 15 is 0 Å². The van der Waals surface area contributed by atoms with Gasteiger partial charge in [-0.05, 0) is 11.6 Å². The summed E-state index contributed by atoms with van der Waals surface area (Å²) in [6, 6.07) is 8.11. The lowest BCUT2D eigenvalue weighted by molar-refractivity contribution is 0.239. The largest absolute Gasteiger partial charge is 0.337 e. The van der Waals surface area contributed by atoms with Crippen LogP contribution >= 0.6 is 0 Å². The highest BCUT2D eigenvalue weighted by Gasteiger charge is 2.24. The first-order chi connectivity index (χ1) is 7.34. The average Bonchev–Trinajstić information content (AvgIpc) is 2.29. The minimum Gasteiger partial charge on any atom is -0.337 e. The molecule has 1 aliphatic heterocycles. The molecular formula is C12H12N2O. The number of hydrogen-bond donors (Lipinski definition) is 2. The lowest BCUT2D eigenvalue weighted by Crippen LogP contribution is -2.51. The van der Waals surface area contributed by atoms with Crippen molar-refractivity contribution in [1.82, 2.24) is 10.6 Å². The van der Waals surface area contributed by atoms with Gasteiger partial charge in [0.25, 0.3) is 0 Å². The molecule has 2 amide bonds. The van der Waals surface area contributed by atoms with Crippen molar-refractivity contribution in [2.75, 3.05) is 6.54 Å². The van der Waals surface area contributed by atoms with Gasteiger partial charge < -0.3 is 10.6 Å². The quantitative estimate of drug-likeness (QED) is 0.603. The summed E-state index contributed by atoms with van der Waals surface area (Å²) in [6.45, 7) is 0.742. The Hall–Kier alpha value is -1.77. The standard InChI is InChI=1S/C12H12N2O/c15-12-13-7-9-6-5-8-3-1-2-4-10(8)11(9)14-12/h1-5,9H,6-7H2,(H2,13,14,15). The summed E-state index contributed by atoms with van der Waals surface area (Å²) in [5, 5.41) is 8.14. The molecule has 0 saturated carbocycles. The highest BCUT2D eigenvalue weighted by molar-refractivity contribution is 5.84. The topological polar surface area (TPSA) is 41.1 Å². The normalized spacial score (nSPS) is 23.1. The molecule has 0 radical (unpaired) electrons. The number of rotatable bonds is 0. The first-order valence-electron chi connectivity index (χ1n) is 5.19. The minimum absolute atomic E-state index is 0.0852. The monoisotopic (exact) mass is 200 g/mol. The maximum Gasteiger partial charge on any atom is 0.319 e. The van der Waals surface area contributed by atoms with Crippen LogP contribution in [-0.2, 0) is 0 Å². The Kier molecular flexibility index (Phi) is 1.78. The fourth-order valence-corrected chi connectivity index (χ4v) is 2.26. The molecule has 1 heterocycles. The molecule has 0 aromatic heterocycles. The van der Waals surface area contributed by atoms with Crippen molar-refractivity contribution in [2.24, 2.45) is 5.92 Å². The summed E-state index contributed by atoms with van der Waals surface area (Å²) < 4.78 is 0. The molecule has 1 aliphatic carbocycles. The van der Waals surface area contributed by atoms with Crippen LogP contribution in [0, 0.1) is 5.92 Å². The molecule has 1 aromatic rings. The van der Waals surface area contributed by atoms with Gasteiger partial charge >= 0.3 is 6.03 Å². The van der Waals surface area contributed by atoms with Crippen molar-refractivity contribution >= 4 is 17.8 Å². The van der Waals surface area contributed by atoms with Gasteiger partial charge in [0.2, 0.25) is 0 Å². The van der Waals surface area contributed by atoms with Crippen LogP contribution in [0.2, 0.25) is 0 Å². The van der Waals surface area contributed by atoms with Crippen molar-refractivity contribution < 1.29 is 4.79 Å². The van der Waals surface area contributed by atoms with E-state index in [2.05, 4.69) is 28.8 Å². The summed E-state index contributed by atoms with van der Waals surface area (Å²) in [6.07, 6.45) is 3.24. The van der Waals surface area contributed by atoms with E-state index in [1.54, 1.807) is 0 Å². The van der Waals surface area contributed by atoms with Crippen LogP contribution in [0.4, 0.5) is 4.79 Å². The van der Waals surface area contributed by atoms with E-state index in [-0.39, 0.29) is 6.03 Å². The lowest BCUT2D eigenvalue weighted by Gasteiger charge is -2.28. The van der Waals surface area contributed by atoms with E-state index in [0.717, 1.165) is 18.7 Å². The molecule has 2 aliphatic rings. The highest BCUT2D eigenvalue weighted by Crippen LogP contribution is 2.17. The minimum atomic E-state index is -0.0852.